The van der Waals surface area contributed by atoms with Crippen molar-refractivity contribution in [1.29, 1.82) is 0 Å². The molecule has 2 unspecified atom stereocenters. The number of nitrogens with one attached hydrogen (secondary N) is 2. The Bertz CT molecular complexity index is 428. The van der Waals surface area contributed by atoms with Crippen LogP contribution >= 0.6 is 0 Å². The van der Waals surface area contributed by atoms with Crippen molar-refractivity contribution in [2.24, 2.45) is 5.92 Å². The van der Waals surface area contributed by atoms with Crippen molar-refractivity contribution in [1.82, 2.24) is 5.32 Å². The Kier molecular flexibility index (Phi) is 3.36. The van der Waals surface area contributed by atoms with Gasteiger partial charge in [0.15, 0.2) is 0 Å². The van der Waals surface area contributed by atoms with Gasteiger partial charge in [-0.3, -0.25) is 4.79 Å². The lowest BCUT2D eigenvalue weighted by atomic mass is 10.1. The quantitative estimate of drug-likeness (QED) is 0.837. The lowest BCUT2D eigenvalue weighted by Crippen LogP contribution is -2.26. The lowest BCUT2D eigenvalue weighted by Gasteiger charge is -2.09. The van der Waals surface area contributed by atoms with Crippen LogP contribution in [0.15, 0.2) is 18.2 Å². The van der Waals surface area contributed by atoms with E-state index in [1.54, 1.807) is 0 Å². The van der Waals surface area contributed by atoms with Crippen LogP contribution in [-0.2, 0) is 0 Å². The van der Waals surface area contributed by atoms with Crippen LogP contribution in [0.1, 0.15) is 36.2 Å². The molecule has 1 fully saturated rings. The van der Waals surface area contributed by atoms with E-state index in [4.69, 9.17) is 0 Å². The fourth-order valence-corrected chi connectivity index (χ4v) is 1.97. The van der Waals surface area contributed by atoms with Crippen molar-refractivity contribution in [3.63, 3.8) is 0 Å². The standard InChI is InChI=1S/C14H20N2O/c1-4-15-12-6-5-11(7-9(12)2)14(17)16-13-8-10(13)3/h5-7,10,13,15H,4,8H2,1-3H3,(H,16,17). The van der Waals surface area contributed by atoms with E-state index in [-0.39, 0.29) is 5.91 Å². The van der Waals surface area contributed by atoms with E-state index in [1.807, 2.05) is 25.1 Å². The molecule has 3 nitrogen and oxygen atoms in total. The number of hydrogen-bond acceptors (Lipinski definition) is 2. The molecule has 17 heavy (non-hydrogen) atoms. The molecule has 0 saturated heterocycles. The van der Waals surface area contributed by atoms with Gasteiger partial charge in [-0.15, -0.1) is 0 Å². The Labute approximate surface area is 103 Å². The number of rotatable bonds is 4. The largest absolute Gasteiger partial charge is 0.385 e. The summed E-state index contributed by atoms with van der Waals surface area (Å²) in [5.41, 5.74) is 2.97. The first-order chi connectivity index (χ1) is 8.11. The van der Waals surface area contributed by atoms with Gasteiger partial charge in [0.1, 0.15) is 0 Å². The fourth-order valence-electron chi connectivity index (χ4n) is 1.97. The number of hydrogen-bond donors (Lipinski definition) is 2. The van der Waals surface area contributed by atoms with Gasteiger partial charge in [-0.25, -0.2) is 0 Å². The number of anilines is 1. The second-order valence-corrected chi connectivity index (χ2v) is 4.85. The second kappa shape index (κ2) is 4.78. The first-order valence-corrected chi connectivity index (χ1v) is 6.27. The molecule has 0 heterocycles. The SMILES string of the molecule is CCNc1ccc(C(=O)NC2CC2C)cc1C. The highest BCUT2D eigenvalue weighted by Gasteiger charge is 2.33. The van der Waals surface area contributed by atoms with Gasteiger partial charge in [0.25, 0.3) is 5.91 Å². The maximum Gasteiger partial charge on any atom is 0.251 e. The van der Waals surface area contributed by atoms with Crippen LogP contribution in [0, 0.1) is 12.8 Å². The van der Waals surface area contributed by atoms with Gasteiger partial charge in [0, 0.05) is 23.8 Å². The minimum absolute atomic E-state index is 0.0468. The Hall–Kier alpha value is -1.51. The molecular formula is C14H20N2O. The molecule has 1 amide bonds. The first kappa shape index (κ1) is 12.0. The zero-order valence-electron chi connectivity index (χ0n) is 10.7. The van der Waals surface area contributed by atoms with Crippen molar-refractivity contribution in [3.05, 3.63) is 29.3 Å². The monoisotopic (exact) mass is 232 g/mol. The number of amides is 1. The highest BCUT2D eigenvalue weighted by atomic mass is 16.1. The summed E-state index contributed by atoms with van der Waals surface area (Å²) in [7, 11) is 0. The molecule has 1 aliphatic carbocycles. The van der Waals surface area contributed by atoms with Gasteiger partial charge < -0.3 is 10.6 Å². The molecule has 0 aromatic heterocycles. The summed E-state index contributed by atoms with van der Waals surface area (Å²) in [6.07, 6.45) is 1.11. The zero-order valence-corrected chi connectivity index (χ0v) is 10.7. The smallest absolute Gasteiger partial charge is 0.251 e. The average molecular weight is 232 g/mol. The van der Waals surface area contributed by atoms with Crippen molar-refractivity contribution in [2.75, 3.05) is 11.9 Å². The summed E-state index contributed by atoms with van der Waals surface area (Å²) in [4.78, 5) is 11.9. The van der Waals surface area contributed by atoms with Crippen LogP contribution in [0.5, 0.6) is 0 Å². The summed E-state index contributed by atoms with van der Waals surface area (Å²) in [5, 5.41) is 6.31. The summed E-state index contributed by atoms with van der Waals surface area (Å²) in [5.74, 6) is 0.687. The van der Waals surface area contributed by atoms with Gasteiger partial charge in [-0.2, -0.15) is 0 Å². The van der Waals surface area contributed by atoms with Gasteiger partial charge in [-0.1, -0.05) is 6.92 Å². The second-order valence-electron chi connectivity index (χ2n) is 4.85. The third-order valence-electron chi connectivity index (χ3n) is 3.28. The van der Waals surface area contributed by atoms with E-state index in [0.29, 0.717) is 12.0 Å². The maximum absolute atomic E-state index is 11.9. The molecule has 0 spiro atoms. The van der Waals surface area contributed by atoms with Crippen molar-refractivity contribution in [3.8, 4) is 0 Å². The fraction of sp³-hybridized carbons (Fsp3) is 0.500. The Morgan fingerprint density at radius 3 is 2.71 bits per heavy atom. The Morgan fingerprint density at radius 2 is 2.18 bits per heavy atom. The van der Waals surface area contributed by atoms with Crippen molar-refractivity contribution >= 4 is 11.6 Å². The third kappa shape index (κ3) is 2.78. The number of benzene rings is 1. The van der Waals surface area contributed by atoms with Crippen LogP contribution < -0.4 is 10.6 Å². The van der Waals surface area contributed by atoms with Crippen LogP contribution in [0.3, 0.4) is 0 Å². The van der Waals surface area contributed by atoms with E-state index in [1.165, 1.54) is 0 Å². The normalized spacial score (nSPS) is 22.1. The lowest BCUT2D eigenvalue weighted by molar-refractivity contribution is 0.0949. The van der Waals surface area contributed by atoms with E-state index >= 15 is 0 Å². The van der Waals surface area contributed by atoms with Crippen molar-refractivity contribution in [2.45, 2.75) is 33.2 Å². The van der Waals surface area contributed by atoms with Crippen molar-refractivity contribution < 1.29 is 4.79 Å². The maximum atomic E-state index is 11.9. The summed E-state index contributed by atoms with van der Waals surface area (Å²) in [6, 6.07) is 6.19. The predicted molar refractivity (Wildman–Crippen MR) is 70.4 cm³/mol. The van der Waals surface area contributed by atoms with Crippen LogP contribution in [-0.4, -0.2) is 18.5 Å². The summed E-state index contributed by atoms with van der Waals surface area (Å²) < 4.78 is 0. The molecule has 1 aliphatic rings. The molecule has 0 bridgehead atoms. The summed E-state index contributed by atoms with van der Waals surface area (Å²) >= 11 is 0. The molecule has 92 valence electrons. The van der Waals surface area contributed by atoms with Gasteiger partial charge in [-0.05, 0) is 49.9 Å². The van der Waals surface area contributed by atoms with Gasteiger partial charge in [0.05, 0.1) is 0 Å². The molecule has 0 radical (unpaired) electrons. The molecule has 1 aromatic rings. The number of carbonyl (C=O) groups is 1. The minimum atomic E-state index is 0.0468. The van der Waals surface area contributed by atoms with Crippen LogP contribution in [0.4, 0.5) is 5.69 Å². The van der Waals surface area contributed by atoms with Gasteiger partial charge >= 0.3 is 0 Å². The molecule has 2 rings (SSSR count). The molecular weight excluding hydrogens is 212 g/mol. The van der Waals surface area contributed by atoms with E-state index in [2.05, 4.69) is 24.5 Å². The minimum Gasteiger partial charge on any atom is -0.385 e. The van der Waals surface area contributed by atoms with Gasteiger partial charge in [0.2, 0.25) is 0 Å². The number of aryl methyl sites for hydroxylation is 1. The topological polar surface area (TPSA) is 41.1 Å². The number of carbonyl (C=O) groups excluding carboxylic acids is 1. The van der Waals surface area contributed by atoms with E-state index < -0.39 is 0 Å². The third-order valence-corrected chi connectivity index (χ3v) is 3.28. The Morgan fingerprint density at radius 1 is 1.47 bits per heavy atom. The predicted octanol–water partition coefficient (Wildman–Crippen LogP) is 2.57. The summed E-state index contributed by atoms with van der Waals surface area (Å²) in [6.45, 7) is 7.14. The highest BCUT2D eigenvalue weighted by molar-refractivity contribution is 5.95. The Balaban J connectivity index is 2.05. The van der Waals surface area contributed by atoms with Crippen LogP contribution in [0.25, 0.3) is 0 Å². The molecule has 2 atom stereocenters. The van der Waals surface area contributed by atoms with Crippen LogP contribution in [0.2, 0.25) is 0 Å². The first-order valence-electron chi connectivity index (χ1n) is 6.27. The molecule has 2 N–H and O–H groups in total. The molecule has 0 aliphatic heterocycles. The molecule has 1 saturated carbocycles. The molecule has 1 aromatic carbocycles. The highest BCUT2D eigenvalue weighted by Crippen LogP contribution is 2.29. The van der Waals surface area contributed by atoms with E-state index in [0.717, 1.165) is 29.8 Å². The van der Waals surface area contributed by atoms with E-state index in [9.17, 15) is 4.79 Å². The zero-order chi connectivity index (χ0) is 12.4. The average Bonchev–Trinajstić information content (AvgIpc) is 2.97. The molecule has 3 heteroatoms.